The van der Waals surface area contributed by atoms with Crippen LogP contribution in [0.4, 0.5) is 26.3 Å². The van der Waals surface area contributed by atoms with Crippen LogP contribution < -0.4 is 14.3 Å². The van der Waals surface area contributed by atoms with Crippen LogP contribution in [0, 0.1) is 5.92 Å². The van der Waals surface area contributed by atoms with Crippen molar-refractivity contribution in [2.75, 3.05) is 6.61 Å². The fourth-order valence-electron chi connectivity index (χ4n) is 4.63. The third-order valence-electron chi connectivity index (χ3n) is 6.34. The Balaban J connectivity index is 1.64. The van der Waals surface area contributed by atoms with Crippen molar-refractivity contribution in [3.8, 4) is 17.4 Å². The Morgan fingerprint density at radius 2 is 1.58 bits per heavy atom. The summed E-state index contributed by atoms with van der Waals surface area (Å²) < 4.78 is 91.0. The molecule has 0 saturated carbocycles. The van der Waals surface area contributed by atoms with Gasteiger partial charge in [-0.05, 0) is 55.9 Å². The summed E-state index contributed by atoms with van der Waals surface area (Å²) in [6.07, 6.45) is -4.14. The summed E-state index contributed by atoms with van der Waals surface area (Å²) in [5.74, 6) is 0.187. The summed E-state index contributed by atoms with van der Waals surface area (Å²) in [7, 11) is 0. The van der Waals surface area contributed by atoms with Gasteiger partial charge in [0.15, 0.2) is 17.2 Å². The Bertz CT molecular complexity index is 1030. The maximum atomic E-state index is 13.4. The Labute approximate surface area is 205 Å². The molecular weight excluding hydrogens is 490 g/mol. The van der Waals surface area contributed by atoms with E-state index in [1.165, 1.54) is 6.07 Å². The van der Waals surface area contributed by atoms with Crippen LogP contribution in [0.5, 0.6) is 17.4 Å². The van der Waals surface area contributed by atoms with E-state index in [0.29, 0.717) is 19.0 Å². The Morgan fingerprint density at radius 3 is 2.14 bits per heavy atom. The second-order valence-corrected chi connectivity index (χ2v) is 9.65. The number of piperidine rings is 2. The fraction of sp³-hybridized carbons (Fsp3) is 0.560. The molecule has 0 atom stereocenters. The summed E-state index contributed by atoms with van der Waals surface area (Å²) in [6, 6.07) is 5.09. The van der Waals surface area contributed by atoms with Gasteiger partial charge in [0.05, 0.1) is 23.8 Å². The van der Waals surface area contributed by atoms with Gasteiger partial charge in [-0.15, -0.1) is 0 Å². The van der Waals surface area contributed by atoms with Crippen molar-refractivity contribution in [1.29, 1.82) is 0 Å². The molecule has 0 amide bonds. The molecule has 2 bridgehead atoms. The standard InChI is InChI=1S/C25H28F6N2O3/c1-16(2)15-34-21-13-17(24(26,27)28)7-9-20(21)35-23-11-3-5-19(6-4-12-23)33(23)36-22-10-8-18(14-32-22)25(29,30)31/h7-10,13-14,16,19H,3-6,11-12,15H2,1-2H3. The van der Waals surface area contributed by atoms with E-state index in [1.807, 2.05) is 13.8 Å². The van der Waals surface area contributed by atoms with Gasteiger partial charge in [0.1, 0.15) is 0 Å². The highest BCUT2D eigenvalue weighted by Gasteiger charge is 2.51. The molecule has 1 aromatic heterocycles. The van der Waals surface area contributed by atoms with Crippen molar-refractivity contribution in [3.63, 3.8) is 0 Å². The number of hydroxylamine groups is 2. The Morgan fingerprint density at radius 1 is 0.944 bits per heavy atom. The summed E-state index contributed by atoms with van der Waals surface area (Å²) in [4.78, 5) is 9.81. The lowest BCUT2D eigenvalue weighted by atomic mass is 9.83. The zero-order valence-corrected chi connectivity index (χ0v) is 20.0. The largest absolute Gasteiger partial charge is 0.489 e. The molecule has 198 valence electrons. The van der Waals surface area contributed by atoms with Gasteiger partial charge in [-0.1, -0.05) is 18.9 Å². The first-order valence-corrected chi connectivity index (χ1v) is 11.9. The molecule has 36 heavy (non-hydrogen) atoms. The van der Waals surface area contributed by atoms with Gasteiger partial charge >= 0.3 is 12.4 Å². The van der Waals surface area contributed by atoms with Crippen LogP contribution in [-0.4, -0.2) is 28.4 Å². The number of hydrogen-bond donors (Lipinski definition) is 0. The summed E-state index contributed by atoms with van der Waals surface area (Å²) in [5.41, 5.74) is -2.77. The number of nitrogens with zero attached hydrogens (tertiary/aromatic N) is 2. The maximum Gasteiger partial charge on any atom is 0.417 e. The molecule has 2 aliphatic rings. The van der Waals surface area contributed by atoms with E-state index in [-0.39, 0.29) is 35.9 Å². The van der Waals surface area contributed by atoms with Crippen molar-refractivity contribution in [1.82, 2.24) is 10.0 Å². The zero-order valence-electron chi connectivity index (χ0n) is 20.0. The lowest BCUT2D eigenvalue weighted by Crippen LogP contribution is -2.63. The van der Waals surface area contributed by atoms with Gasteiger partial charge in [0, 0.05) is 25.1 Å². The van der Waals surface area contributed by atoms with Gasteiger partial charge < -0.3 is 14.3 Å². The van der Waals surface area contributed by atoms with Crippen molar-refractivity contribution >= 4 is 0 Å². The highest BCUT2D eigenvalue weighted by Crippen LogP contribution is 2.46. The molecular formula is C25H28F6N2O3. The number of rotatable bonds is 7. The molecule has 11 heteroatoms. The minimum Gasteiger partial charge on any atom is -0.489 e. The molecule has 2 aromatic rings. The number of alkyl halides is 6. The van der Waals surface area contributed by atoms with Crippen LogP contribution >= 0.6 is 0 Å². The molecule has 2 fully saturated rings. The van der Waals surface area contributed by atoms with Crippen LogP contribution in [0.15, 0.2) is 36.5 Å². The van der Waals surface area contributed by atoms with Crippen LogP contribution in [-0.2, 0) is 12.4 Å². The molecule has 0 aliphatic carbocycles. The summed E-state index contributed by atoms with van der Waals surface area (Å²) in [6.45, 7) is 3.96. The molecule has 3 heterocycles. The average Bonchev–Trinajstić information content (AvgIpc) is 2.78. The lowest BCUT2D eigenvalue weighted by molar-refractivity contribution is -0.287. The predicted molar refractivity (Wildman–Crippen MR) is 118 cm³/mol. The van der Waals surface area contributed by atoms with Crippen LogP contribution in [0.1, 0.15) is 63.5 Å². The minimum absolute atomic E-state index is 0.0199. The Hall–Kier alpha value is -2.69. The monoisotopic (exact) mass is 518 g/mol. The molecule has 0 N–H and O–H groups in total. The highest BCUT2D eigenvalue weighted by atomic mass is 19.4. The van der Waals surface area contributed by atoms with E-state index in [9.17, 15) is 26.3 Å². The van der Waals surface area contributed by atoms with E-state index in [4.69, 9.17) is 14.3 Å². The molecule has 0 unspecified atom stereocenters. The van der Waals surface area contributed by atoms with E-state index in [2.05, 4.69) is 4.98 Å². The van der Waals surface area contributed by atoms with Crippen LogP contribution in [0.25, 0.3) is 0 Å². The number of halogens is 6. The average molecular weight is 518 g/mol. The second-order valence-electron chi connectivity index (χ2n) is 9.65. The minimum atomic E-state index is -4.54. The zero-order chi connectivity index (χ0) is 26.1. The van der Waals surface area contributed by atoms with E-state index < -0.39 is 29.2 Å². The Kier molecular flexibility index (Phi) is 7.32. The number of benzene rings is 1. The fourth-order valence-corrected chi connectivity index (χ4v) is 4.63. The molecule has 2 aliphatic heterocycles. The maximum absolute atomic E-state index is 13.4. The molecule has 0 spiro atoms. The number of aromatic nitrogens is 1. The normalized spacial score (nSPS) is 23.0. The molecule has 4 rings (SSSR count). The summed E-state index contributed by atoms with van der Waals surface area (Å²) >= 11 is 0. The molecule has 0 radical (unpaired) electrons. The van der Waals surface area contributed by atoms with E-state index >= 15 is 0 Å². The first-order valence-electron chi connectivity index (χ1n) is 11.9. The lowest BCUT2D eigenvalue weighted by Gasteiger charge is -2.52. The number of hydrogen-bond acceptors (Lipinski definition) is 5. The topological polar surface area (TPSA) is 43.8 Å². The van der Waals surface area contributed by atoms with E-state index in [1.54, 1.807) is 5.06 Å². The van der Waals surface area contributed by atoms with Gasteiger partial charge in [-0.2, -0.15) is 26.3 Å². The number of fused-ring (bicyclic) bond motifs is 2. The van der Waals surface area contributed by atoms with Gasteiger partial charge in [-0.3, -0.25) is 0 Å². The number of ether oxygens (including phenoxy) is 2. The van der Waals surface area contributed by atoms with Crippen LogP contribution in [0.3, 0.4) is 0 Å². The van der Waals surface area contributed by atoms with Gasteiger partial charge in [0.2, 0.25) is 5.88 Å². The van der Waals surface area contributed by atoms with Gasteiger partial charge in [0.25, 0.3) is 0 Å². The van der Waals surface area contributed by atoms with Gasteiger partial charge in [-0.25, -0.2) is 4.98 Å². The number of pyridine rings is 1. The van der Waals surface area contributed by atoms with E-state index in [0.717, 1.165) is 49.9 Å². The van der Waals surface area contributed by atoms with Crippen molar-refractivity contribution < 1.29 is 40.7 Å². The second kappa shape index (κ2) is 9.99. The van der Waals surface area contributed by atoms with Crippen molar-refractivity contribution in [3.05, 3.63) is 47.7 Å². The van der Waals surface area contributed by atoms with Crippen molar-refractivity contribution in [2.24, 2.45) is 5.92 Å². The first-order chi connectivity index (χ1) is 16.9. The predicted octanol–water partition coefficient (Wildman–Crippen LogP) is 7.26. The highest BCUT2D eigenvalue weighted by molar-refractivity contribution is 5.44. The van der Waals surface area contributed by atoms with Crippen LogP contribution in [0.2, 0.25) is 0 Å². The quantitative estimate of drug-likeness (QED) is 0.361. The SMILES string of the molecule is CC(C)COc1cc(C(F)(F)F)ccc1OC12CCCC(CCC1)N2Oc1ccc(C(F)(F)F)cn1. The van der Waals surface area contributed by atoms with Crippen molar-refractivity contribution in [2.45, 2.75) is 76.5 Å². The first kappa shape index (κ1) is 26.4. The molecule has 1 aromatic carbocycles. The third kappa shape index (κ3) is 5.82. The smallest absolute Gasteiger partial charge is 0.417 e. The third-order valence-corrected chi connectivity index (χ3v) is 6.34. The molecule has 2 saturated heterocycles. The molecule has 5 nitrogen and oxygen atoms in total. The summed E-state index contributed by atoms with van der Waals surface area (Å²) in [5, 5.41) is 1.62.